The second-order valence-electron chi connectivity index (χ2n) is 9.25. The van der Waals surface area contributed by atoms with Gasteiger partial charge in [0.25, 0.3) is 0 Å². The summed E-state index contributed by atoms with van der Waals surface area (Å²) in [5.74, 6) is 1.11. The van der Waals surface area contributed by atoms with Crippen molar-refractivity contribution in [3.63, 3.8) is 0 Å². The first-order valence-electron chi connectivity index (χ1n) is 11.1. The van der Waals surface area contributed by atoms with Gasteiger partial charge in [0.2, 0.25) is 11.4 Å². The lowest BCUT2D eigenvalue weighted by Crippen LogP contribution is -2.32. The Morgan fingerprint density at radius 3 is 2.43 bits per heavy atom. The first kappa shape index (κ1) is 20.6. The number of rotatable bonds is 5. The number of fused-ring (bicyclic) bond motifs is 3. The highest BCUT2D eigenvalue weighted by Gasteiger charge is 2.24. The second-order valence-corrected chi connectivity index (χ2v) is 9.25. The normalized spacial score (nSPS) is 12.0. The summed E-state index contributed by atoms with van der Waals surface area (Å²) in [4.78, 5) is 4.74. The van der Waals surface area contributed by atoms with Crippen molar-refractivity contribution >= 4 is 22.1 Å². The van der Waals surface area contributed by atoms with Crippen LogP contribution < -0.4 is 4.57 Å². The lowest BCUT2D eigenvalue weighted by Gasteiger charge is -2.15. The second kappa shape index (κ2) is 7.86. The van der Waals surface area contributed by atoms with Gasteiger partial charge in [0.1, 0.15) is 7.05 Å². The first-order valence-corrected chi connectivity index (χ1v) is 11.1. The molecule has 156 valence electrons. The van der Waals surface area contributed by atoms with Gasteiger partial charge in [-0.05, 0) is 54.9 Å². The van der Waals surface area contributed by atoms with Gasteiger partial charge in [-0.25, -0.2) is 9.55 Å². The fourth-order valence-corrected chi connectivity index (χ4v) is 4.49. The molecule has 3 heteroatoms. The van der Waals surface area contributed by atoms with E-state index in [1.165, 1.54) is 27.9 Å². The Kier molecular flexibility index (Phi) is 5.40. The van der Waals surface area contributed by atoms with Gasteiger partial charge in [0.05, 0.1) is 5.56 Å². The van der Waals surface area contributed by atoms with Crippen LogP contribution in [0.2, 0.25) is 0 Å². The maximum Gasteiger partial charge on any atom is 0.227 e. The number of nitrogens with zero attached hydrogens (tertiary/aromatic N) is 2. The number of hydrogen-bond donors (Lipinski definition) is 0. The molecule has 3 aromatic heterocycles. The number of furan rings is 1. The molecule has 0 spiro atoms. The van der Waals surface area contributed by atoms with Crippen molar-refractivity contribution < 1.29 is 8.98 Å². The van der Waals surface area contributed by atoms with Crippen LogP contribution in [0.4, 0.5) is 0 Å². The lowest BCUT2D eigenvalue weighted by molar-refractivity contribution is -0.660. The summed E-state index contributed by atoms with van der Waals surface area (Å²) >= 11 is 0. The van der Waals surface area contributed by atoms with Gasteiger partial charge in [-0.1, -0.05) is 46.8 Å². The predicted molar refractivity (Wildman–Crippen MR) is 125 cm³/mol. The monoisotopic (exact) mass is 401 g/mol. The maximum absolute atomic E-state index is 6.39. The van der Waals surface area contributed by atoms with E-state index in [4.69, 9.17) is 9.40 Å². The third-order valence-electron chi connectivity index (χ3n) is 6.03. The Hall–Kier alpha value is -2.68. The van der Waals surface area contributed by atoms with Crippen molar-refractivity contribution in [3.05, 3.63) is 58.9 Å². The highest BCUT2D eigenvalue weighted by molar-refractivity contribution is 6.08. The zero-order chi connectivity index (χ0) is 21.6. The van der Waals surface area contributed by atoms with Crippen molar-refractivity contribution in [2.75, 3.05) is 0 Å². The summed E-state index contributed by atoms with van der Waals surface area (Å²) in [5, 5.41) is 2.23. The molecule has 3 nitrogen and oxygen atoms in total. The number of benzene rings is 1. The largest absolute Gasteiger partial charge is 0.437 e. The molecule has 4 aromatic rings. The molecule has 0 aliphatic heterocycles. The average molecular weight is 402 g/mol. The van der Waals surface area contributed by atoms with Crippen LogP contribution in [0.3, 0.4) is 0 Å². The van der Waals surface area contributed by atoms with E-state index in [1.54, 1.807) is 0 Å². The Morgan fingerprint density at radius 2 is 1.77 bits per heavy atom. The van der Waals surface area contributed by atoms with Gasteiger partial charge < -0.3 is 4.42 Å². The maximum atomic E-state index is 6.39. The number of aryl methyl sites for hydroxylation is 3. The number of aromatic nitrogens is 2. The van der Waals surface area contributed by atoms with Crippen molar-refractivity contribution in [1.82, 2.24) is 4.98 Å². The fraction of sp³-hybridized carbons (Fsp3) is 0.407. The quantitative estimate of drug-likeness (QED) is 0.350. The van der Waals surface area contributed by atoms with Crippen molar-refractivity contribution in [2.24, 2.45) is 13.0 Å². The molecule has 0 N–H and O–H groups in total. The Morgan fingerprint density at radius 1 is 1.03 bits per heavy atom. The van der Waals surface area contributed by atoms with Crippen LogP contribution in [0, 0.1) is 12.8 Å². The van der Waals surface area contributed by atoms with Gasteiger partial charge in [-0.15, -0.1) is 0 Å². The Balaban J connectivity index is 2.01. The van der Waals surface area contributed by atoms with E-state index in [2.05, 4.69) is 89.7 Å². The lowest BCUT2D eigenvalue weighted by atomic mass is 9.90. The molecule has 0 unspecified atom stereocenters. The van der Waals surface area contributed by atoms with Crippen molar-refractivity contribution in [2.45, 2.75) is 60.3 Å². The van der Waals surface area contributed by atoms with Gasteiger partial charge in [-0.3, -0.25) is 0 Å². The topological polar surface area (TPSA) is 29.9 Å². The molecule has 0 amide bonds. The number of pyridine rings is 2. The van der Waals surface area contributed by atoms with Crippen LogP contribution in [-0.2, 0) is 19.9 Å². The fourth-order valence-electron chi connectivity index (χ4n) is 4.49. The van der Waals surface area contributed by atoms with Gasteiger partial charge >= 0.3 is 0 Å². The summed E-state index contributed by atoms with van der Waals surface area (Å²) in [6, 6.07) is 11.0. The van der Waals surface area contributed by atoms with E-state index in [0.29, 0.717) is 11.8 Å². The summed E-state index contributed by atoms with van der Waals surface area (Å²) in [7, 11) is 2.15. The van der Waals surface area contributed by atoms with Crippen molar-refractivity contribution in [1.29, 1.82) is 0 Å². The van der Waals surface area contributed by atoms with E-state index >= 15 is 0 Å². The zero-order valence-electron chi connectivity index (χ0n) is 19.3. The minimum Gasteiger partial charge on any atom is -0.437 e. The van der Waals surface area contributed by atoms with Crippen LogP contribution in [0.1, 0.15) is 62.9 Å². The van der Waals surface area contributed by atoms with Crippen LogP contribution >= 0.6 is 0 Å². The van der Waals surface area contributed by atoms with E-state index < -0.39 is 0 Å². The molecule has 0 saturated heterocycles. The SMILES string of the molecule is CCc1ccc2c(n1)oc1c(-c3cc(C(C)C)c(CC(C)C)c[n+]3C)c(C)ccc12. The van der Waals surface area contributed by atoms with E-state index in [9.17, 15) is 0 Å². The Labute approximate surface area is 179 Å². The van der Waals surface area contributed by atoms with Crippen LogP contribution in [0.25, 0.3) is 33.3 Å². The molecule has 3 heterocycles. The smallest absolute Gasteiger partial charge is 0.227 e. The predicted octanol–water partition coefficient (Wildman–Crippen LogP) is 6.67. The summed E-state index contributed by atoms with van der Waals surface area (Å²) in [6.45, 7) is 13.4. The molecule has 0 aliphatic carbocycles. The molecule has 0 bridgehead atoms. The minimum atomic E-state index is 0.475. The molecule has 0 fully saturated rings. The van der Waals surface area contributed by atoms with Gasteiger partial charge in [0, 0.05) is 28.1 Å². The van der Waals surface area contributed by atoms with Crippen LogP contribution in [-0.4, -0.2) is 4.98 Å². The van der Waals surface area contributed by atoms with Crippen LogP contribution in [0.5, 0.6) is 0 Å². The summed E-state index contributed by atoms with van der Waals surface area (Å²) < 4.78 is 8.65. The molecule has 0 aliphatic rings. The van der Waals surface area contributed by atoms with E-state index in [0.717, 1.165) is 40.6 Å². The zero-order valence-corrected chi connectivity index (χ0v) is 19.3. The average Bonchev–Trinajstić information content (AvgIpc) is 3.05. The summed E-state index contributed by atoms with van der Waals surface area (Å²) in [6.07, 6.45) is 4.32. The highest BCUT2D eigenvalue weighted by atomic mass is 16.3. The minimum absolute atomic E-state index is 0.475. The molecule has 1 aromatic carbocycles. The molecule has 30 heavy (non-hydrogen) atoms. The van der Waals surface area contributed by atoms with Gasteiger partial charge in [0.15, 0.2) is 11.8 Å². The molecular formula is C27H33N2O+. The molecule has 0 atom stereocenters. The van der Waals surface area contributed by atoms with Crippen LogP contribution in [0.15, 0.2) is 40.9 Å². The third kappa shape index (κ3) is 3.51. The van der Waals surface area contributed by atoms with Gasteiger partial charge in [-0.2, -0.15) is 0 Å². The first-order chi connectivity index (χ1) is 14.3. The molecule has 4 rings (SSSR count). The van der Waals surface area contributed by atoms with Crippen molar-refractivity contribution in [3.8, 4) is 11.3 Å². The third-order valence-corrected chi connectivity index (χ3v) is 6.03. The Bertz CT molecular complexity index is 1230. The number of hydrogen-bond acceptors (Lipinski definition) is 2. The van der Waals surface area contributed by atoms with E-state index in [-0.39, 0.29) is 0 Å². The molecule has 0 radical (unpaired) electrons. The molecular weight excluding hydrogens is 368 g/mol. The molecule has 0 saturated carbocycles. The highest BCUT2D eigenvalue weighted by Crippen LogP contribution is 2.37. The standard InChI is InChI=1S/C27H33N2O/c1-8-20-10-12-22-21-11-9-18(6)25(26(21)30-27(22)28-20)24-14-23(17(4)5)19(13-16(2)3)15-29(24)7/h9-12,14-17H,8,13H2,1-7H3/q+1. The van der Waals surface area contributed by atoms with E-state index in [1.807, 2.05) is 0 Å². The summed E-state index contributed by atoms with van der Waals surface area (Å²) in [5.41, 5.74) is 9.19.